The van der Waals surface area contributed by atoms with Crippen LogP contribution in [0.3, 0.4) is 0 Å². The van der Waals surface area contributed by atoms with E-state index in [0.29, 0.717) is 0 Å². The predicted octanol–water partition coefficient (Wildman–Crippen LogP) is -24.0. The van der Waals surface area contributed by atoms with Gasteiger partial charge in [-0.15, -0.1) is 0 Å². The molecule has 42 heteroatoms. The zero-order valence-corrected chi connectivity index (χ0v) is 47.9. The van der Waals surface area contributed by atoms with Gasteiger partial charge in [-0.25, -0.2) is 0 Å². The van der Waals surface area contributed by atoms with Gasteiger partial charge in [-0.3, -0.25) is 0 Å². The third-order valence-corrected chi connectivity index (χ3v) is 0. The van der Waals surface area contributed by atoms with Crippen LogP contribution in [0, 0.1) is 0 Å². The summed E-state index contributed by atoms with van der Waals surface area (Å²) < 4.78 is 232. The van der Waals surface area contributed by atoms with Crippen LogP contribution in [0.1, 0.15) is 0 Å². The van der Waals surface area contributed by atoms with Crippen LogP contribution in [0.4, 0.5) is 0 Å². The van der Waals surface area contributed by atoms with Crippen molar-refractivity contribution in [3.63, 3.8) is 0 Å². The maximum absolute atomic E-state index is 8.58. The molecule has 0 spiro atoms. The topological polar surface area (TPSA) is 569 Å². The molecule has 0 aromatic heterocycles. The summed E-state index contributed by atoms with van der Waals surface area (Å²) in [4.78, 5) is 0. The molecule has 0 aliphatic carbocycles. The Morgan fingerprint density at radius 1 is 0.214 bits per heavy atom. The molecule has 0 heterocycles. The summed E-state index contributed by atoms with van der Waals surface area (Å²) in [5.41, 5.74) is 0. The van der Waals surface area contributed by atoms with Gasteiger partial charge in [-0.2, -0.15) is 0 Å². The fraction of sp³-hybridized carbons (Fsp3) is 0. The second-order valence-electron chi connectivity index (χ2n) is 2.25. The Balaban J connectivity index is -0.0000000148. The molecule has 4 radical (unpaired) electrons. The minimum Gasteiger partial charge on any atom is 2.00 e. The monoisotopic (exact) mass is 1510 g/mol. The minimum atomic E-state index is -4.08. The Bertz CT molecular complexity index is 442. The van der Waals surface area contributed by atoms with Crippen LogP contribution in [0.5, 0.6) is 0 Å². The molecule has 0 aromatic rings. The maximum atomic E-state index is 8.58. The van der Waals surface area contributed by atoms with Crippen LogP contribution in [-0.4, -0.2) is 101 Å². The first-order chi connectivity index (χ1) is 15.6. The van der Waals surface area contributed by atoms with Crippen LogP contribution in [0.2, 0.25) is 0 Å². The van der Waals surface area contributed by atoms with Crippen LogP contribution in [-0.2, 0) is 242 Å². The summed E-state index contributed by atoms with van der Waals surface area (Å²) in [5, 5.41) is 0. The minimum absolute atomic E-state index is 0. The van der Waals surface area contributed by atoms with Gasteiger partial charge in [0.25, 0.3) is 0 Å². The molecule has 0 saturated heterocycles. The Kier molecular flexibility index (Phi) is 217. The largest absolute Gasteiger partial charge is 2.00 e. The molecule has 0 atom stereocenters. The van der Waals surface area contributed by atoms with Gasteiger partial charge in [0, 0.05) is 0 Å². The molecule has 27 nitrogen and oxygen atoms in total. The number of hydrogen-bond acceptors (Lipinski definition) is 27. The van der Waals surface area contributed by atoms with Crippen molar-refractivity contribution in [1.29, 1.82) is 0 Å². The van der Waals surface area contributed by atoms with Crippen molar-refractivity contribution < 1.29 is 309 Å². The second kappa shape index (κ2) is 92.5. The van der Waals surface area contributed by atoms with Gasteiger partial charge in [0.05, 0.1) is 0 Å². The van der Waals surface area contributed by atoms with E-state index in [4.69, 9.17) is 96.3 Å². The fourth-order valence-corrected chi connectivity index (χ4v) is 0. The first kappa shape index (κ1) is 98.3. The van der Waals surface area contributed by atoms with Gasteiger partial charge in [-0.05, 0) is 0 Å². The van der Waals surface area contributed by atoms with Crippen molar-refractivity contribution in [3.05, 3.63) is 0 Å². The molecular weight excluding hydrogens is 1510 g/mol. The van der Waals surface area contributed by atoms with E-state index in [2.05, 4.69) is 0 Å². The van der Waals surface area contributed by atoms with E-state index in [1.54, 1.807) is 0 Å². The van der Waals surface area contributed by atoms with E-state index in [0.717, 1.165) is 0 Å². The Morgan fingerprint density at radius 2 is 0.214 bits per heavy atom. The summed E-state index contributed by atoms with van der Waals surface area (Å²) in [5.74, 6) is 0. The van der Waals surface area contributed by atoms with E-state index in [1.807, 2.05) is 0 Å². The average Bonchev–Trinajstić information content (AvgIpc) is 2.39. The van der Waals surface area contributed by atoms with Gasteiger partial charge in [0.2, 0.25) is 0 Å². The van der Waals surface area contributed by atoms with E-state index < -0.39 is 168 Å². The normalized spacial score (nSPS) is 5.57. The van der Waals surface area contributed by atoms with Crippen molar-refractivity contribution in [2.75, 3.05) is 0 Å². The first-order valence-electron chi connectivity index (χ1n) is 5.51. The van der Waals surface area contributed by atoms with Crippen LogP contribution >= 0.6 is 0 Å². The summed E-state index contributed by atoms with van der Waals surface area (Å²) in [6.07, 6.45) is 0. The van der Waals surface area contributed by atoms with E-state index in [1.165, 1.54) is 0 Å². The quantitative estimate of drug-likeness (QED) is 0.203. The van der Waals surface area contributed by atoms with E-state index in [9.17, 15) is 0 Å². The number of hydrogen-bond donors (Lipinski definition) is 0. The van der Waals surface area contributed by atoms with Gasteiger partial charge < -0.3 is 0 Å². The molecule has 0 rings (SSSR count). The molecule has 220 valence electrons. The van der Waals surface area contributed by atoms with Crippen LogP contribution in [0.15, 0.2) is 0 Å². The molecule has 42 heavy (non-hydrogen) atoms. The molecule has 0 bridgehead atoms. The van der Waals surface area contributed by atoms with Crippen LogP contribution in [0.25, 0.3) is 0 Å². The standard InChI is InChI=1S/2Mg.2Nb.27O.2Pb.9Ti/q2*+2;2*+5;;;;;;;;;;18*-1;2*+2;;;;;;;;;. The smallest absolute Gasteiger partial charge is 2.00 e. The number of rotatable bonds is 0. The molecule has 0 aliphatic heterocycles. The molecule has 0 saturated carbocycles. The Hall–Kier alpha value is 8.77. The summed E-state index contributed by atoms with van der Waals surface area (Å²) in [6.45, 7) is 0. The molecule has 0 N–H and O–H groups in total. The predicted molar refractivity (Wildman–Crippen MR) is 29.2 cm³/mol. The van der Waals surface area contributed by atoms with Gasteiger partial charge >= 0.3 is 409 Å². The van der Waals surface area contributed by atoms with Crippen molar-refractivity contribution in [1.82, 2.24) is 0 Å². The van der Waals surface area contributed by atoms with E-state index >= 15 is 0 Å². The third-order valence-electron chi connectivity index (χ3n) is 0. The van der Waals surface area contributed by atoms with Crippen molar-refractivity contribution >= 4 is 101 Å². The Labute approximate surface area is 399 Å². The van der Waals surface area contributed by atoms with Crippen LogP contribution < -0.4 is 66.4 Å². The third kappa shape index (κ3) is 1450. The molecule has 0 aliphatic rings. The van der Waals surface area contributed by atoms with E-state index in [-0.39, 0.29) is 145 Å². The van der Waals surface area contributed by atoms with Crippen molar-refractivity contribution in [2.45, 2.75) is 0 Å². The first-order valence-corrected chi connectivity index (χ1v) is 22.7. The molecule has 0 aromatic carbocycles. The zero-order valence-electron chi connectivity index (χ0n) is 18.8. The summed E-state index contributed by atoms with van der Waals surface area (Å²) in [6, 6.07) is 0. The maximum Gasteiger partial charge on any atom is 2.00 e. The molecule has 0 amide bonds. The molecule has 0 unspecified atom stereocenters. The summed E-state index contributed by atoms with van der Waals surface area (Å²) >= 11 is -36.8. The van der Waals surface area contributed by atoms with Crippen molar-refractivity contribution in [3.8, 4) is 0 Å². The van der Waals surface area contributed by atoms with Gasteiger partial charge in [0.15, 0.2) is 0 Å². The van der Waals surface area contributed by atoms with Crippen molar-refractivity contribution in [2.24, 2.45) is 0 Å². The van der Waals surface area contributed by atoms with Gasteiger partial charge in [-0.1, -0.05) is 0 Å². The second-order valence-corrected chi connectivity index (χ2v) is 9.28. The fourth-order valence-electron chi connectivity index (χ4n) is 0. The molecular formula is Mg2Nb2O27Pb2Ti9. The Morgan fingerprint density at radius 3 is 0.214 bits per heavy atom. The molecule has 0 fully saturated rings. The summed E-state index contributed by atoms with van der Waals surface area (Å²) in [7, 11) is 0. The SMILES string of the molecule is [Mg+2].[Mg+2].[Nb+5].[Nb+5].[O]=[Ti]([O-])[O-].[O]=[Ti]([O-])[O-].[O]=[Ti]([O-])[O-].[O]=[Ti]([O-])[O-].[O]=[Ti]([O-])[O-].[O]=[Ti]([O-])[O-].[O]=[Ti]([O-])[O-].[O]=[Ti]([O-])[O-].[O]=[Ti]([O-])[O-].[Pb+2].[Pb+2]. The average molecular weight is 1510 g/mol. The van der Waals surface area contributed by atoms with Gasteiger partial charge in [0.1, 0.15) is 0 Å². The zero-order chi connectivity index (χ0) is 32.2.